The molecular weight excluding hydrogens is 269 g/mol. The summed E-state index contributed by atoms with van der Waals surface area (Å²) >= 11 is 0. The molecule has 1 aliphatic heterocycles. The highest BCUT2D eigenvalue weighted by Gasteiger charge is 2.39. The largest absolute Gasteiger partial charge is 0.452 e. The Labute approximate surface area is 115 Å². The minimum Gasteiger partial charge on any atom is -0.351 e. The topological polar surface area (TPSA) is 38.1 Å². The van der Waals surface area contributed by atoms with Gasteiger partial charge in [-0.15, -0.1) is 0 Å². The predicted octanol–water partition coefficient (Wildman–Crippen LogP) is 3.49. The van der Waals surface area contributed by atoms with Crippen LogP contribution < -0.4 is 5.32 Å². The fourth-order valence-corrected chi connectivity index (χ4v) is 3.01. The van der Waals surface area contributed by atoms with Crippen molar-refractivity contribution in [3.63, 3.8) is 0 Å². The number of halogens is 3. The maximum atomic E-state index is 12.4. The molecule has 2 fully saturated rings. The molecule has 0 atom stereocenters. The van der Waals surface area contributed by atoms with E-state index in [0.717, 1.165) is 32.0 Å². The molecule has 1 saturated heterocycles. The summed E-state index contributed by atoms with van der Waals surface area (Å²) in [6.45, 7) is 2.23. The number of allylic oxidation sites excluding steroid dienone is 1. The molecule has 0 bridgehead atoms. The lowest BCUT2D eigenvalue weighted by Crippen LogP contribution is -2.54. The van der Waals surface area contributed by atoms with Crippen molar-refractivity contribution < 1.29 is 17.7 Å². The maximum absolute atomic E-state index is 12.4. The predicted molar refractivity (Wildman–Crippen MR) is 67.8 cm³/mol. The Balaban J connectivity index is 1.56. The number of hydrogen-bond acceptors (Lipinski definition) is 3. The van der Waals surface area contributed by atoms with Gasteiger partial charge in [0.2, 0.25) is 5.76 Å². The van der Waals surface area contributed by atoms with Gasteiger partial charge in [0.25, 0.3) is 0 Å². The highest BCUT2D eigenvalue weighted by Crippen LogP contribution is 2.42. The van der Waals surface area contributed by atoms with Crippen molar-refractivity contribution in [3.8, 4) is 0 Å². The van der Waals surface area contributed by atoms with Crippen LogP contribution in [0, 0.1) is 11.3 Å². The van der Waals surface area contributed by atoms with Gasteiger partial charge in [-0.2, -0.15) is 13.2 Å². The van der Waals surface area contributed by atoms with Gasteiger partial charge in [0.05, 0.1) is 0 Å². The van der Waals surface area contributed by atoms with E-state index >= 15 is 0 Å². The first-order chi connectivity index (χ1) is 9.47. The van der Waals surface area contributed by atoms with E-state index < -0.39 is 11.9 Å². The molecule has 1 aliphatic carbocycles. The summed E-state index contributed by atoms with van der Waals surface area (Å²) < 4.78 is 41.4. The summed E-state index contributed by atoms with van der Waals surface area (Å²) in [5.41, 5.74) is 0.740. The lowest BCUT2D eigenvalue weighted by Gasteiger charge is -2.47. The van der Waals surface area contributed by atoms with E-state index in [9.17, 15) is 13.2 Å². The number of alkyl halides is 3. The minimum atomic E-state index is -4.46. The highest BCUT2D eigenvalue weighted by molar-refractivity contribution is 5.44. The second kappa shape index (κ2) is 4.91. The van der Waals surface area contributed by atoms with Gasteiger partial charge in [-0.25, -0.2) is 0 Å². The molecule has 1 N–H and O–H groups in total. The molecule has 3 nitrogen and oxygen atoms in total. The Morgan fingerprint density at radius 2 is 2.00 bits per heavy atom. The first-order valence-corrected chi connectivity index (χ1v) is 6.90. The molecule has 6 heteroatoms. The maximum Gasteiger partial charge on any atom is 0.452 e. The average molecular weight is 286 g/mol. The van der Waals surface area contributed by atoms with Crippen LogP contribution in [-0.2, 0) is 6.18 Å². The van der Waals surface area contributed by atoms with Gasteiger partial charge in [0.15, 0.2) is 0 Å². The summed E-state index contributed by atoms with van der Waals surface area (Å²) in [6.07, 6.45) is 3.73. The van der Waals surface area contributed by atoms with E-state index in [2.05, 4.69) is 15.0 Å². The lowest BCUT2D eigenvalue weighted by atomic mass is 9.67. The number of nitrogens with one attached hydrogen (secondary N) is 1. The summed E-state index contributed by atoms with van der Waals surface area (Å²) in [4.78, 5) is 0. The van der Waals surface area contributed by atoms with Crippen molar-refractivity contribution in [3.05, 3.63) is 23.6 Å². The fraction of sp³-hybridized carbons (Fsp3) is 0.643. The van der Waals surface area contributed by atoms with E-state index in [0.29, 0.717) is 11.3 Å². The van der Waals surface area contributed by atoms with Crippen LogP contribution in [0.5, 0.6) is 0 Å². The van der Waals surface area contributed by atoms with Gasteiger partial charge in [0.1, 0.15) is 5.69 Å². The first kappa shape index (κ1) is 13.7. The first-order valence-electron chi connectivity index (χ1n) is 6.90. The number of hydrogen-bond donors (Lipinski definition) is 1. The second-order valence-electron chi connectivity index (χ2n) is 5.91. The molecule has 0 radical (unpaired) electrons. The van der Waals surface area contributed by atoms with Gasteiger partial charge < -0.3 is 9.84 Å². The molecule has 1 aromatic rings. The molecule has 0 unspecified atom stereocenters. The van der Waals surface area contributed by atoms with Crippen LogP contribution in [0.3, 0.4) is 0 Å². The Bertz CT molecular complexity index is 493. The Morgan fingerprint density at radius 1 is 1.30 bits per heavy atom. The minimum absolute atomic E-state index is 0.239. The van der Waals surface area contributed by atoms with Crippen LogP contribution in [0.15, 0.2) is 16.7 Å². The zero-order valence-electron chi connectivity index (χ0n) is 11.0. The average Bonchev–Trinajstić information content (AvgIpc) is 2.84. The molecule has 3 rings (SSSR count). The summed E-state index contributed by atoms with van der Waals surface area (Å²) in [7, 11) is 0. The second-order valence-corrected chi connectivity index (χ2v) is 5.91. The van der Waals surface area contributed by atoms with Crippen LogP contribution in [0.4, 0.5) is 13.2 Å². The van der Waals surface area contributed by atoms with Crippen molar-refractivity contribution in [2.75, 3.05) is 13.1 Å². The van der Waals surface area contributed by atoms with Crippen molar-refractivity contribution >= 4 is 6.08 Å². The molecule has 2 aliphatic rings. The van der Waals surface area contributed by atoms with Crippen LogP contribution in [0.25, 0.3) is 6.08 Å². The fourth-order valence-electron chi connectivity index (χ4n) is 3.01. The summed E-state index contributed by atoms with van der Waals surface area (Å²) in [5.74, 6) is -0.604. The number of rotatable bonds is 2. The van der Waals surface area contributed by atoms with E-state index in [1.807, 2.05) is 6.08 Å². The standard InChI is InChI=1S/C14H17F3N2O/c15-14(16,17)12-7-11(19-20-12)2-1-10-3-5-13(6-4-10)8-18-9-13/h1-2,7,10,18H,3-6,8-9H2. The van der Waals surface area contributed by atoms with Gasteiger partial charge in [0, 0.05) is 19.2 Å². The third-order valence-corrected chi connectivity index (χ3v) is 4.44. The van der Waals surface area contributed by atoms with Crippen molar-refractivity contribution in [1.82, 2.24) is 10.5 Å². The highest BCUT2D eigenvalue weighted by atomic mass is 19.4. The van der Waals surface area contributed by atoms with E-state index in [1.54, 1.807) is 6.08 Å². The third-order valence-electron chi connectivity index (χ3n) is 4.44. The molecule has 0 amide bonds. The van der Waals surface area contributed by atoms with Gasteiger partial charge in [-0.05, 0) is 43.1 Å². The van der Waals surface area contributed by atoms with Gasteiger partial charge >= 0.3 is 6.18 Å². The summed E-state index contributed by atoms with van der Waals surface area (Å²) in [6, 6.07) is 0.941. The van der Waals surface area contributed by atoms with E-state index in [4.69, 9.17) is 0 Å². The number of aromatic nitrogens is 1. The van der Waals surface area contributed by atoms with E-state index in [-0.39, 0.29) is 5.69 Å². The van der Waals surface area contributed by atoms with Crippen molar-refractivity contribution in [1.29, 1.82) is 0 Å². The molecule has 1 saturated carbocycles. The lowest BCUT2D eigenvalue weighted by molar-refractivity contribution is -0.155. The zero-order chi connectivity index (χ0) is 14.2. The quantitative estimate of drug-likeness (QED) is 0.904. The summed E-state index contributed by atoms with van der Waals surface area (Å²) in [5, 5.41) is 6.75. The smallest absolute Gasteiger partial charge is 0.351 e. The Hall–Kier alpha value is -1.30. The van der Waals surface area contributed by atoms with Gasteiger partial charge in [-0.3, -0.25) is 0 Å². The van der Waals surface area contributed by atoms with Crippen molar-refractivity contribution in [2.24, 2.45) is 11.3 Å². The van der Waals surface area contributed by atoms with Gasteiger partial charge in [-0.1, -0.05) is 11.2 Å². The molecule has 1 aromatic heterocycles. The van der Waals surface area contributed by atoms with Crippen LogP contribution in [0.2, 0.25) is 0 Å². The normalized spacial score (nSPS) is 23.4. The molecule has 110 valence electrons. The zero-order valence-corrected chi connectivity index (χ0v) is 11.0. The van der Waals surface area contributed by atoms with Crippen molar-refractivity contribution in [2.45, 2.75) is 31.9 Å². The van der Waals surface area contributed by atoms with Crippen LogP contribution >= 0.6 is 0 Å². The molecule has 2 heterocycles. The van der Waals surface area contributed by atoms with E-state index in [1.165, 1.54) is 12.8 Å². The molecule has 20 heavy (non-hydrogen) atoms. The molecular formula is C14H17F3N2O. The number of nitrogens with zero attached hydrogens (tertiary/aromatic N) is 1. The monoisotopic (exact) mass is 286 g/mol. The Morgan fingerprint density at radius 3 is 2.50 bits per heavy atom. The Kier molecular flexibility index (Phi) is 3.36. The third kappa shape index (κ3) is 2.75. The van der Waals surface area contributed by atoms with Crippen LogP contribution in [0.1, 0.15) is 37.1 Å². The molecule has 1 spiro atoms. The molecule has 0 aromatic carbocycles. The van der Waals surface area contributed by atoms with Crippen LogP contribution in [-0.4, -0.2) is 18.2 Å². The SMILES string of the molecule is FC(F)(F)c1cc(C=CC2CCC3(CC2)CNC3)no1.